The van der Waals surface area contributed by atoms with Gasteiger partial charge in [0.2, 0.25) is 11.8 Å². The summed E-state index contributed by atoms with van der Waals surface area (Å²) in [5.41, 5.74) is 1.66. The number of rotatable bonds is 6. The number of benzene rings is 2. The monoisotopic (exact) mass is 418 g/mol. The molecule has 9 heteroatoms. The van der Waals surface area contributed by atoms with Crippen LogP contribution < -0.4 is 0 Å². The number of nitriles is 1. The summed E-state index contributed by atoms with van der Waals surface area (Å²) in [4.78, 5) is 14.8. The van der Waals surface area contributed by atoms with Crippen molar-refractivity contribution in [3.8, 4) is 17.5 Å². The van der Waals surface area contributed by atoms with Gasteiger partial charge in [0, 0.05) is 43.9 Å². The fraction of sp³-hybridized carbons (Fsp3) is 0.318. The van der Waals surface area contributed by atoms with Crippen LogP contribution in [0.2, 0.25) is 0 Å². The van der Waals surface area contributed by atoms with E-state index in [0.717, 1.165) is 31.7 Å². The fourth-order valence-corrected chi connectivity index (χ4v) is 3.79. The predicted molar refractivity (Wildman–Crippen MR) is 113 cm³/mol. The Hall–Kier alpha value is -3.61. The third kappa shape index (κ3) is 4.45. The topological polar surface area (TPSA) is 112 Å². The maximum atomic E-state index is 10.8. The summed E-state index contributed by atoms with van der Waals surface area (Å²) >= 11 is 0. The molecule has 2 heterocycles. The summed E-state index contributed by atoms with van der Waals surface area (Å²) in [5, 5.41) is 28.8. The summed E-state index contributed by atoms with van der Waals surface area (Å²) in [5.74, 6) is 0.839. The second-order valence-electron chi connectivity index (χ2n) is 7.44. The van der Waals surface area contributed by atoms with Crippen molar-refractivity contribution in [2.45, 2.75) is 19.0 Å². The quantitative estimate of drug-likeness (QED) is 0.441. The molecular weight excluding hydrogens is 396 g/mol. The number of nitro benzene ring substituents is 1. The lowest BCUT2D eigenvalue weighted by atomic mass is 10.1. The molecule has 2 aromatic carbocycles. The Morgan fingerprint density at radius 2 is 1.68 bits per heavy atom. The third-order valence-corrected chi connectivity index (χ3v) is 5.62. The highest BCUT2D eigenvalue weighted by Gasteiger charge is 2.29. The lowest BCUT2D eigenvalue weighted by molar-refractivity contribution is -0.384. The SMILES string of the molecule is CC(c1nnc(-c2ccc([N+](=O)[O-])cc2)o1)N1CCN(C(C#N)c2ccccc2)CC1. The summed E-state index contributed by atoms with van der Waals surface area (Å²) in [6.07, 6.45) is 0. The Kier molecular flexibility index (Phi) is 6.02. The highest BCUT2D eigenvalue weighted by molar-refractivity contribution is 5.55. The van der Waals surface area contributed by atoms with E-state index in [1.807, 2.05) is 37.3 Å². The second-order valence-corrected chi connectivity index (χ2v) is 7.44. The first-order valence-corrected chi connectivity index (χ1v) is 10.1. The zero-order chi connectivity index (χ0) is 21.8. The van der Waals surface area contributed by atoms with Gasteiger partial charge in [0.15, 0.2) is 0 Å². The van der Waals surface area contributed by atoms with Crippen LogP contribution >= 0.6 is 0 Å². The van der Waals surface area contributed by atoms with Gasteiger partial charge in [-0.2, -0.15) is 5.26 Å². The first-order chi connectivity index (χ1) is 15.1. The van der Waals surface area contributed by atoms with Gasteiger partial charge >= 0.3 is 0 Å². The number of hydrogen-bond donors (Lipinski definition) is 0. The lowest BCUT2D eigenvalue weighted by Gasteiger charge is -2.38. The number of piperazine rings is 1. The normalized spacial score (nSPS) is 17.0. The highest BCUT2D eigenvalue weighted by Crippen LogP contribution is 2.28. The first kappa shape index (κ1) is 20.7. The van der Waals surface area contributed by atoms with Crippen LogP contribution in [-0.2, 0) is 0 Å². The molecule has 1 aliphatic rings. The summed E-state index contributed by atoms with van der Waals surface area (Å²) in [7, 11) is 0. The number of nitrogens with zero attached hydrogens (tertiary/aromatic N) is 6. The Bertz CT molecular complexity index is 1070. The molecule has 1 aliphatic heterocycles. The fourth-order valence-electron chi connectivity index (χ4n) is 3.79. The van der Waals surface area contributed by atoms with E-state index in [2.05, 4.69) is 26.1 Å². The van der Waals surface area contributed by atoms with Crippen LogP contribution in [0, 0.1) is 21.4 Å². The molecule has 3 aromatic rings. The van der Waals surface area contributed by atoms with Crippen LogP contribution in [0.3, 0.4) is 0 Å². The van der Waals surface area contributed by atoms with E-state index in [-0.39, 0.29) is 17.8 Å². The van der Waals surface area contributed by atoms with Crippen molar-refractivity contribution in [2.24, 2.45) is 0 Å². The van der Waals surface area contributed by atoms with Gasteiger partial charge in [-0.05, 0) is 24.6 Å². The van der Waals surface area contributed by atoms with Crippen LogP contribution in [0.15, 0.2) is 59.0 Å². The van der Waals surface area contributed by atoms with Crippen molar-refractivity contribution in [3.63, 3.8) is 0 Å². The van der Waals surface area contributed by atoms with Crippen LogP contribution in [0.4, 0.5) is 5.69 Å². The molecule has 158 valence electrons. The first-order valence-electron chi connectivity index (χ1n) is 10.1. The minimum atomic E-state index is -0.445. The second kappa shape index (κ2) is 9.04. The molecule has 1 saturated heterocycles. The van der Waals surface area contributed by atoms with Crippen molar-refractivity contribution >= 4 is 5.69 Å². The molecular formula is C22H22N6O3. The molecule has 0 bridgehead atoms. The standard InChI is InChI=1S/C22H22N6O3/c1-16(21-24-25-22(31-21)18-7-9-19(10-8-18)28(29)30)26-11-13-27(14-12-26)20(15-23)17-5-3-2-4-6-17/h2-10,16,20H,11-14H2,1H3. The van der Waals surface area contributed by atoms with Gasteiger partial charge in [0.25, 0.3) is 5.69 Å². The molecule has 0 saturated carbocycles. The van der Waals surface area contributed by atoms with E-state index >= 15 is 0 Å². The average Bonchev–Trinajstić information content (AvgIpc) is 3.31. The Labute approximate surface area is 179 Å². The molecule has 9 nitrogen and oxygen atoms in total. The van der Waals surface area contributed by atoms with E-state index in [1.54, 1.807) is 12.1 Å². The van der Waals surface area contributed by atoms with Gasteiger partial charge in [0.05, 0.1) is 17.0 Å². The molecule has 0 aliphatic carbocycles. The Morgan fingerprint density at radius 3 is 2.29 bits per heavy atom. The molecule has 4 rings (SSSR count). The predicted octanol–water partition coefficient (Wildman–Crippen LogP) is 3.59. The largest absolute Gasteiger partial charge is 0.419 e. The zero-order valence-electron chi connectivity index (χ0n) is 17.1. The average molecular weight is 418 g/mol. The minimum Gasteiger partial charge on any atom is -0.419 e. The van der Waals surface area contributed by atoms with Crippen molar-refractivity contribution in [3.05, 3.63) is 76.2 Å². The van der Waals surface area contributed by atoms with Crippen LogP contribution in [0.25, 0.3) is 11.5 Å². The van der Waals surface area contributed by atoms with Crippen molar-refractivity contribution in [1.82, 2.24) is 20.0 Å². The highest BCUT2D eigenvalue weighted by atomic mass is 16.6. The molecule has 0 spiro atoms. The molecule has 0 amide bonds. The van der Waals surface area contributed by atoms with Crippen molar-refractivity contribution < 1.29 is 9.34 Å². The van der Waals surface area contributed by atoms with Gasteiger partial charge in [0.1, 0.15) is 6.04 Å². The smallest absolute Gasteiger partial charge is 0.269 e. The summed E-state index contributed by atoms with van der Waals surface area (Å²) in [6, 6.07) is 18.0. The van der Waals surface area contributed by atoms with Gasteiger partial charge in [-0.25, -0.2) is 0 Å². The molecule has 0 radical (unpaired) electrons. The maximum absolute atomic E-state index is 10.8. The maximum Gasteiger partial charge on any atom is 0.269 e. The van der Waals surface area contributed by atoms with Gasteiger partial charge in [-0.1, -0.05) is 30.3 Å². The molecule has 2 atom stereocenters. The van der Waals surface area contributed by atoms with E-state index in [1.165, 1.54) is 12.1 Å². The lowest BCUT2D eigenvalue weighted by Crippen LogP contribution is -2.48. The van der Waals surface area contributed by atoms with Gasteiger partial charge in [-0.15, -0.1) is 10.2 Å². The minimum absolute atomic E-state index is 0.0147. The molecule has 0 N–H and O–H groups in total. The van der Waals surface area contributed by atoms with Gasteiger partial charge < -0.3 is 4.42 Å². The van der Waals surface area contributed by atoms with E-state index in [9.17, 15) is 15.4 Å². The Morgan fingerprint density at radius 1 is 1.03 bits per heavy atom. The van der Waals surface area contributed by atoms with E-state index in [0.29, 0.717) is 17.3 Å². The van der Waals surface area contributed by atoms with E-state index < -0.39 is 4.92 Å². The van der Waals surface area contributed by atoms with Crippen LogP contribution in [0.5, 0.6) is 0 Å². The van der Waals surface area contributed by atoms with Crippen LogP contribution in [-0.4, -0.2) is 51.1 Å². The molecule has 31 heavy (non-hydrogen) atoms. The van der Waals surface area contributed by atoms with Crippen molar-refractivity contribution in [1.29, 1.82) is 5.26 Å². The summed E-state index contributed by atoms with van der Waals surface area (Å²) < 4.78 is 5.85. The summed E-state index contributed by atoms with van der Waals surface area (Å²) in [6.45, 7) is 5.10. The number of hydrogen-bond acceptors (Lipinski definition) is 8. The number of aromatic nitrogens is 2. The van der Waals surface area contributed by atoms with E-state index in [4.69, 9.17) is 4.42 Å². The van der Waals surface area contributed by atoms with Crippen LogP contribution in [0.1, 0.15) is 30.5 Å². The zero-order valence-corrected chi connectivity index (χ0v) is 17.1. The third-order valence-electron chi connectivity index (χ3n) is 5.62. The molecule has 2 unspecified atom stereocenters. The van der Waals surface area contributed by atoms with Gasteiger partial charge in [-0.3, -0.25) is 19.9 Å². The number of non-ortho nitro benzene ring substituents is 1. The Balaban J connectivity index is 1.39. The number of nitro groups is 1. The molecule has 1 aromatic heterocycles. The van der Waals surface area contributed by atoms with Crippen molar-refractivity contribution in [2.75, 3.05) is 26.2 Å². The molecule has 1 fully saturated rings.